The highest BCUT2D eigenvalue weighted by atomic mass is 19.4. The summed E-state index contributed by atoms with van der Waals surface area (Å²) in [5, 5.41) is 13.3. The molecule has 0 bridgehead atoms. The molecule has 1 aliphatic rings. The minimum Gasteiger partial charge on any atom is -0.493 e. The summed E-state index contributed by atoms with van der Waals surface area (Å²) in [6, 6.07) is 4.07. The molecule has 2 aromatic rings. The highest BCUT2D eigenvalue weighted by Crippen LogP contribution is 2.55. The Balaban J connectivity index is 2.16. The smallest absolute Gasteiger partial charge is 0.417 e. The van der Waals surface area contributed by atoms with Gasteiger partial charge in [-0.15, -0.1) is 0 Å². The van der Waals surface area contributed by atoms with Crippen molar-refractivity contribution in [2.75, 3.05) is 14.2 Å². The summed E-state index contributed by atoms with van der Waals surface area (Å²) in [4.78, 5) is 21.5. The summed E-state index contributed by atoms with van der Waals surface area (Å²) >= 11 is 0. The predicted molar refractivity (Wildman–Crippen MR) is 114 cm³/mol. The molecule has 1 aliphatic heterocycles. The maximum atomic E-state index is 14.4. The van der Waals surface area contributed by atoms with Gasteiger partial charge in [0.15, 0.2) is 23.0 Å². The summed E-state index contributed by atoms with van der Waals surface area (Å²) in [5.74, 6) is -7.62. The molecule has 14 heteroatoms. The Labute approximate surface area is 201 Å². The van der Waals surface area contributed by atoms with Gasteiger partial charge in [-0.25, -0.2) is 9.38 Å². The number of hydrogen-bond donors (Lipinski definition) is 2. The number of hydrogen-bond acceptors (Lipinski definition) is 6. The van der Waals surface area contributed by atoms with Gasteiger partial charge in [-0.1, -0.05) is 18.1 Å². The Morgan fingerprint density at radius 2 is 1.92 bits per heavy atom. The fraction of sp³-hybridized carbons (Fsp3) is 0.409. The van der Waals surface area contributed by atoms with Crippen LogP contribution in [0.15, 0.2) is 40.6 Å². The molecule has 4 atom stereocenters. The lowest BCUT2D eigenvalue weighted by Crippen LogP contribution is -2.47. The number of ether oxygens (including phenoxy) is 2. The van der Waals surface area contributed by atoms with Gasteiger partial charge in [-0.2, -0.15) is 22.3 Å². The number of amides is 1. The van der Waals surface area contributed by atoms with Crippen molar-refractivity contribution in [2.45, 2.75) is 37.6 Å². The zero-order valence-corrected chi connectivity index (χ0v) is 19.5. The molecule has 1 amide bonds. The van der Waals surface area contributed by atoms with E-state index in [9.17, 15) is 32.0 Å². The topological polar surface area (TPSA) is 121 Å². The number of oxime groups is 1. The van der Waals surface area contributed by atoms with Gasteiger partial charge in [0.05, 0.1) is 12.5 Å². The van der Waals surface area contributed by atoms with Gasteiger partial charge in [0.1, 0.15) is 18.9 Å². The Morgan fingerprint density at radius 3 is 2.50 bits per heavy atom. The second kappa shape index (κ2) is 9.76. The molecule has 0 unspecified atom stereocenters. The normalized spacial score (nSPS) is 25.2. The lowest BCUT2D eigenvalue weighted by molar-refractivity contribution is -0.272. The van der Waals surface area contributed by atoms with Crippen molar-refractivity contribution in [1.29, 1.82) is 0 Å². The van der Waals surface area contributed by atoms with Crippen LogP contribution in [-0.4, -0.2) is 53.8 Å². The zero-order chi connectivity index (χ0) is 27.0. The van der Waals surface area contributed by atoms with Crippen molar-refractivity contribution < 1.29 is 46.3 Å². The van der Waals surface area contributed by atoms with E-state index in [4.69, 9.17) is 15.2 Å². The molecule has 0 spiro atoms. The van der Waals surface area contributed by atoms with Crippen molar-refractivity contribution in [3.8, 4) is 5.75 Å². The quantitative estimate of drug-likeness (QED) is 0.207. The number of benzene rings is 1. The van der Waals surface area contributed by atoms with Crippen LogP contribution in [0.25, 0.3) is 0 Å². The van der Waals surface area contributed by atoms with E-state index < -0.39 is 53.0 Å². The van der Waals surface area contributed by atoms with Crippen molar-refractivity contribution >= 4 is 11.7 Å². The van der Waals surface area contributed by atoms with Crippen LogP contribution >= 0.6 is 0 Å². The maximum absolute atomic E-state index is 14.4. The lowest BCUT2D eigenvalue weighted by Gasteiger charge is -2.32. The monoisotopic (exact) mass is 518 g/mol. The molecule has 3 N–H and O–H groups in total. The molecule has 1 fully saturated rings. The van der Waals surface area contributed by atoms with Gasteiger partial charge in [0.2, 0.25) is 5.82 Å². The van der Waals surface area contributed by atoms with Gasteiger partial charge >= 0.3 is 6.18 Å². The van der Waals surface area contributed by atoms with Gasteiger partial charge in [-0.05, 0) is 25.1 Å². The van der Waals surface area contributed by atoms with Crippen molar-refractivity contribution in [3.63, 3.8) is 0 Å². The minimum absolute atomic E-state index is 0.109. The molecule has 2 heterocycles. The van der Waals surface area contributed by atoms with Gasteiger partial charge in [-0.3, -0.25) is 4.79 Å². The van der Waals surface area contributed by atoms with Gasteiger partial charge < -0.3 is 25.3 Å². The van der Waals surface area contributed by atoms with E-state index in [2.05, 4.69) is 15.0 Å². The Morgan fingerprint density at radius 1 is 1.25 bits per heavy atom. The van der Waals surface area contributed by atoms with E-state index in [1.54, 1.807) is 0 Å². The molecule has 9 nitrogen and oxygen atoms in total. The number of alkyl halides is 3. The number of amidine groups is 1. The van der Waals surface area contributed by atoms with Crippen LogP contribution in [0.5, 0.6) is 5.75 Å². The Hall–Kier alpha value is -3.68. The molecule has 0 saturated carbocycles. The Bertz CT molecular complexity index is 1260. The average molecular weight is 518 g/mol. The molecular weight excluding hydrogens is 495 g/mol. The zero-order valence-electron chi connectivity index (χ0n) is 19.5. The SMILES string of the molecule is CON=C(N)c1cc(=NC(=O)[C@@H]2O[C@@](C)(C(F)(F)F)[C@@H](C)[C@H]2c2ccc(F)c(F)c2OC)ccn1O. The lowest BCUT2D eigenvalue weighted by atomic mass is 9.77. The van der Waals surface area contributed by atoms with E-state index in [1.807, 2.05) is 0 Å². The number of pyridine rings is 1. The van der Waals surface area contributed by atoms with Crippen LogP contribution in [0.2, 0.25) is 0 Å². The molecule has 36 heavy (non-hydrogen) atoms. The van der Waals surface area contributed by atoms with Crippen molar-refractivity contribution in [3.05, 3.63) is 58.7 Å². The van der Waals surface area contributed by atoms with E-state index in [0.717, 1.165) is 38.4 Å². The van der Waals surface area contributed by atoms with Crippen molar-refractivity contribution in [2.24, 2.45) is 21.8 Å². The first-order valence-corrected chi connectivity index (χ1v) is 10.4. The molecule has 0 radical (unpaired) electrons. The van der Waals surface area contributed by atoms with Gasteiger partial charge in [0.25, 0.3) is 5.91 Å². The van der Waals surface area contributed by atoms with Crippen LogP contribution in [-0.2, 0) is 14.4 Å². The highest BCUT2D eigenvalue weighted by molar-refractivity contribution is 5.95. The number of nitrogens with zero attached hydrogens (tertiary/aromatic N) is 3. The first-order chi connectivity index (χ1) is 16.8. The third kappa shape index (κ3) is 4.59. The number of carbonyl (C=O) groups is 1. The first kappa shape index (κ1) is 26.9. The van der Waals surface area contributed by atoms with E-state index in [0.29, 0.717) is 4.73 Å². The predicted octanol–water partition coefficient (Wildman–Crippen LogP) is 2.85. The maximum Gasteiger partial charge on any atom is 0.417 e. The van der Waals surface area contributed by atoms with E-state index >= 15 is 0 Å². The summed E-state index contributed by atoms with van der Waals surface area (Å²) in [6.07, 6.45) is -5.70. The number of nitrogens with two attached hydrogens (primary N) is 1. The fourth-order valence-corrected chi connectivity index (χ4v) is 4.11. The van der Waals surface area contributed by atoms with Gasteiger partial charge in [0, 0.05) is 23.6 Å². The number of carbonyl (C=O) groups excluding carboxylic acids is 1. The van der Waals surface area contributed by atoms with Crippen LogP contribution in [0.3, 0.4) is 0 Å². The largest absolute Gasteiger partial charge is 0.493 e. The summed E-state index contributed by atoms with van der Waals surface area (Å²) in [5.41, 5.74) is 2.52. The molecular formula is C22H23F5N4O5. The third-order valence-electron chi connectivity index (χ3n) is 6.16. The number of methoxy groups -OCH3 is 1. The van der Waals surface area contributed by atoms with E-state index in [1.165, 1.54) is 20.1 Å². The number of rotatable bonds is 5. The molecule has 3 rings (SSSR count). The molecule has 1 aromatic carbocycles. The second-order valence-corrected chi connectivity index (χ2v) is 8.17. The standard InChI is InChI=1S/C22H23F5N4O5/c1-10-15(12-5-6-13(23)16(24)17(12)34-3)18(36-21(10,2)22(25,26)27)20(32)29-11-7-8-31(33)14(9-11)19(28)30-35-4/h5-10,15,18,33H,1-4H3,(H2,28,30)/t10-,15-,18+,21+/m0/s1. The minimum atomic E-state index is -4.92. The molecule has 196 valence electrons. The number of aromatic nitrogens is 1. The fourth-order valence-electron chi connectivity index (χ4n) is 4.11. The molecule has 1 aromatic heterocycles. The van der Waals surface area contributed by atoms with Crippen LogP contribution in [0.4, 0.5) is 22.0 Å². The average Bonchev–Trinajstić information content (AvgIpc) is 3.09. The van der Waals surface area contributed by atoms with Crippen LogP contribution in [0, 0.1) is 17.6 Å². The van der Waals surface area contributed by atoms with Crippen LogP contribution in [0.1, 0.15) is 31.0 Å². The van der Waals surface area contributed by atoms with Crippen LogP contribution < -0.4 is 15.8 Å². The summed E-state index contributed by atoms with van der Waals surface area (Å²) < 4.78 is 81.1. The molecule has 1 saturated heterocycles. The highest BCUT2D eigenvalue weighted by Gasteiger charge is 2.65. The summed E-state index contributed by atoms with van der Waals surface area (Å²) in [7, 11) is 2.23. The Kier molecular flexibility index (Phi) is 7.30. The second-order valence-electron chi connectivity index (χ2n) is 8.17. The molecule has 0 aliphatic carbocycles. The third-order valence-corrected chi connectivity index (χ3v) is 6.16. The van der Waals surface area contributed by atoms with Crippen molar-refractivity contribution in [1.82, 2.24) is 4.73 Å². The number of halogens is 5. The first-order valence-electron chi connectivity index (χ1n) is 10.4. The summed E-state index contributed by atoms with van der Waals surface area (Å²) in [6.45, 7) is 1.95. The van der Waals surface area contributed by atoms with E-state index in [-0.39, 0.29) is 22.5 Å².